The number of hydrogen-bond donors (Lipinski definition) is 0. The molecule has 0 aliphatic rings. The van der Waals surface area contributed by atoms with E-state index in [4.69, 9.17) is 0 Å². The van der Waals surface area contributed by atoms with E-state index in [0.717, 1.165) is 34.1 Å². The first-order chi connectivity index (χ1) is 10.8. The summed E-state index contributed by atoms with van der Waals surface area (Å²) in [5.41, 5.74) is 4.20. The third-order valence-electron chi connectivity index (χ3n) is 3.95. The summed E-state index contributed by atoms with van der Waals surface area (Å²) in [6, 6.07) is 18.3. The number of carbonyl (C=O) groups is 1. The van der Waals surface area contributed by atoms with Crippen LogP contribution in [0.2, 0.25) is 0 Å². The van der Waals surface area contributed by atoms with Gasteiger partial charge in [-0.15, -0.1) is 0 Å². The number of benzene rings is 2. The van der Waals surface area contributed by atoms with Crippen LogP contribution in [0.1, 0.15) is 16.1 Å². The van der Waals surface area contributed by atoms with Crippen molar-refractivity contribution in [3.8, 4) is 11.3 Å². The van der Waals surface area contributed by atoms with E-state index in [0.29, 0.717) is 5.69 Å². The standard InChI is InChI=1S/C19H14N2O/c1-13-8-9-21-17(12-22)19(20-18(21)10-13)16-7-6-14-4-2-3-5-15(14)11-16/h2-12H,1H3. The van der Waals surface area contributed by atoms with Gasteiger partial charge in [-0.25, -0.2) is 4.98 Å². The molecule has 4 aromatic rings. The minimum atomic E-state index is 0.588. The second-order valence-electron chi connectivity index (χ2n) is 5.46. The number of fused-ring (bicyclic) bond motifs is 2. The van der Waals surface area contributed by atoms with Gasteiger partial charge < -0.3 is 0 Å². The van der Waals surface area contributed by atoms with Crippen LogP contribution in [-0.2, 0) is 0 Å². The Labute approximate surface area is 127 Å². The molecule has 0 fully saturated rings. The Bertz CT molecular complexity index is 1010. The normalized spacial score (nSPS) is 11.1. The van der Waals surface area contributed by atoms with Crippen LogP contribution >= 0.6 is 0 Å². The largest absolute Gasteiger partial charge is 0.297 e. The molecule has 22 heavy (non-hydrogen) atoms. The lowest BCUT2D eigenvalue weighted by Gasteiger charge is -2.02. The van der Waals surface area contributed by atoms with E-state index in [1.165, 1.54) is 5.39 Å². The molecule has 0 saturated carbocycles. The van der Waals surface area contributed by atoms with E-state index in [1.54, 1.807) is 0 Å². The molecule has 106 valence electrons. The topological polar surface area (TPSA) is 34.4 Å². The number of carbonyl (C=O) groups excluding carboxylic acids is 1. The summed E-state index contributed by atoms with van der Waals surface area (Å²) in [4.78, 5) is 16.2. The molecule has 0 spiro atoms. The molecule has 0 bridgehead atoms. The lowest BCUT2D eigenvalue weighted by Crippen LogP contribution is -1.92. The van der Waals surface area contributed by atoms with Crippen molar-refractivity contribution >= 4 is 22.7 Å². The maximum absolute atomic E-state index is 11.6. The van der Waals surface area contributed by atoms with E-state index < -0.39 is 0 Å². The van der Waals surface area contributed by atoms with Crippen LogP contribution in [0.3, 0.4) is 0 Å². The van der Waals surface area contributed by atoms with Crippen LogP contribution in [-0.4, -0.2) is 15.7 Å². The van der Waals surface area contributed by atoms with Crippen LogP contribution in [0.25, 0.3) is 27.7 Å². The molecule has 2 heterocycles. The Kier molecular flexibility index (Phi) is 2.79. The van der Waals surface area contributed by atoms with Gasteiger partial charge in [-0.1, -0.05) is 36.4 Å². The van der Waals surface area contributed by atoms with Gasteiger partial charge in [-0.3, -0.25) is 9.20 Å². The predicted molar refractivity (Wildman–Crippen MR) is 88.3 cm³/mol. The number of hydrogen-bond acceptors (Lipinski definition) is 2. The van der Waals surface area contributed by atoms with Crippen molar-refractivity contribution in [3.05, 3.63) is 72.1 Å². The van der Waals surface area contributed by atoms with Gasteiger partial charge in [0.15, 0.2) is 6.29 Å². The average molecular weight is 286 g/mol. The van der Waals surface area contributed by atoms with Crippen LogP contribution in [0.4, 0.5) is 0 Å². The molecule has 2 aromatic carbocycles. The fraction of sp³-hybridized carbons (Fsp3) is 0.0526. The van der Waals surface area contributed by atoms with Crippen LogP contribution in [0, 0.1) is 6.92 Å². The number of nitrogens with zero attached hydrogens (tertiary/aromatic N) is 2. The third-order valence-corrected chi connectivity index (χ3v) is 3.95. The summed E-state index contributed by atoms with van der Waals surface area (Å²) in [6.45, 7) is 2.02. The highest BCUT2D eigenvalue weighted by molar-refractivity contribution is 5.91. The monoisotopic (exact) mass is 286 g/mol. The minimum Gasteiger partial charge on any atom is -0.297 e. The van der Waals surface area contributed by atoms with Crippen molar-refractivity contribution < 1.29 is 4.79 Å². The van der Waals surface area contributed by atoms with Crippen LogP contribution < -0.4 is 0 Å². The van der Waals surface area contributed by atoms with Crippen molar-refractivity contribution in [2.75, 3.05) is 0 Å². The van der Waals surface area contributed by atoms with Gasteiger partial charge in [-0.05, 0) is 41.5 Å². The molecule has 0 saturated heterocycles. The number of rotatable bonds is 2. The highest BCUT2D eigenvalue weighted by Crippen LogP contribution is 2.27. The van der Waals surface area contributed by atoms with Gasteiger partial charge in [0.2, 0.25) is 0 Å². The van der Waals surface area contributed by atoms with Crippen LogP contribution in [0.15, 0.2) is 60.8 Å². The second-order valence-corrected chi connectivity index (χ2v) is 5.46. The number of aromatic nitrogens is 2. The average Bonchev–Trinajstić information content (AvgIpc) is 2.91. The highest BCUT2D eigenvalue weighted by Gasteiger charge is 2.13. The zero-order chi connectivity index (χ0) is 15.1. The number of aryl methyl sites for hydroxylation is 1. The lowest BCUT2D eigenvalue weighted by molar-refractivity contribution is 0.111. The molecule has 0 aliphatic heterocycles. The SMILES string of the molecule is Cc1ccn2c(C=O)c(-c3ccc4ccccc4c3)nc2c1. The molecule has 4 rings (SSSR count). The smallest absolute Gasteiger partial charge is 0.169 e. The summed E-state index contributed by atoms with van der Waals surface area (Å²) in [6.07, 6.45) is 2.77. The van der Waals surface area contributed by atoms with Crippen molar-refractivity contribution in [1.82, 2.24) is 9.38 Å². The first kappa shape index (κ1) is 12.8. The Morgan fingerprint density at radius 1 is 1.00 bits per heavy atom. The molecular weight excluding hydrogens is 272 g/mol. The maximum atomic E-state index is 11.6. The first-order valence-electron chi connectivity index (χ1n) is 7.19. The Morgan fingerprint density at radius 3 is 2.64 bits per heavy atom. The molecule has 0 amide bonds. The maximum Gasteiger partial charge on any atom is 0.169 e. The van der Waals surface area contributed by atoms with Gasteiger partial charge in [0.25, 0.3) is 0 Å². The first-order valence-corrected chi connectivity index (χ1v) is 7.19. The predicted octanol–water partition coefficient (Wildman–Crippen LogP) is 4.28. The summed E-state index contributed by atoms with van der Waals surface area (Å²) < 4.78 is 1.84. The minimum absolute atomic E-state index is 0.588. The molecule has 2 aromatic heterocycles. The van der Waals surface area contributed by atoms with Crippen molar-refractivity contribution in [1.29, 1.82) is 0 Å². The highest BCUT2D eigenvalue weighted by atomic mass is 16.1. The Balaban J connectivity index is 2.00. The Hall–Kier alpha value is -2.94. The number of aldehydes is 1. The summed E-state index contributed by atoms with van der Waals surface area (Å²) >= 11 is 0. The van der Waals surface area contributed by atoms with E-state index in [2.05, 4.69) is 29.2 Å². The van der Waals surface area contributed by atoms with Gasteiger partial charge in [0, 0.05) is 11.8 Å². The van der Waals surface area contributed by atoms with E-state index in [-0.39, 0.29) is 0 Å². The molecule has 0 N–H and O–H groups in total. The summed E-state index contributed by atoms with van der Waals surface area (Å²) in [7, 11) is 0. The molecule has 0 radical (unpaired) electrons. The lowest BCUT2D eigenvalue weighted by atomic mass is 10.0. The third kappa shape index (κ3) is 1.91. The quantitative estimate of drug-likeness (QED) is 0.516. The fourth-order valence-electron chi connectivity index (χ4n) is 2.83. The van der Waals surface area contributed by atoms with Gasteiger partial charge in [0.05, 0.1) is 0 Å². The van der Waals surface area contributed by atoms with Crippen molar-refractivity contribution in [2.24, 2.45) is 0 Å². The zero-order valence-corrected chi connectivity index (χ0v) is 12.2. The van der Waals surface area contributed by atoms with Gasteiger partial charge >= 0.3 is 0 Å². The van der Waals surface area contributed by atoms with Gasteiger partial charge in [0.1, 0.15) is 17.0 Å². The fourth-order valence-corrected chi connectivity index (χ4v) is 2.83. The van der Waals surface area contributed by atoms with E-state index in [9.17, 15) is 4.79 Å². The zero-order valence-electron chi connectivity index (χ0n) is 12.2. The van der Waals surface area contributed by atoms with Crippen molar-refractivity contribution in [2.45, 2.75) is 6.92 Å². The molecular formula is C19H14N2O. The second kappa shape index (κ2) is 4.81. The molecule has 3 nitrogen and oxygen atoms in total. The van der Waals surface area contributed by atoms with E-state index >= 15 is 0 Å². The molecule has 0 atom stereocenters. The number of imidazole rings is 1. The molecule has 0 unspecified atom stereocenters. The molecule has 3 heteroatoms. The Morgan fingerprint density at radius 2 is 1.82 bits per heavy atom. The van der Waals surface area contributed by atoms with Crippen molar-refractivity contribution in [3.63, 3.8) is 0 Å². The summed E-state index contributed by atoms with van der Waals surface area (Å²) in [5, 5.41) is 2.32. The van der Waals surface area contributed by atoms with E-state index in [1.807, 2.05) is 47.9 Å². The number of pyridine rings is 1. The van der Waals surface area contributed by atoms with Crippen LogP contribution in [0.5, 0.6) is 0 Å². The molecule has 0 aliphatic carbocycles. The van der Waals surface area contributed by atoms with Gasteiger partial charge in [-0.2, -0.15) is 0 Å². The summed E-state index contributed by atoms with van der Waals surface area (Å²) in [5.74, 6) is 0.